The number of hydrogen-bond donors (Lipinski definition) is 1. The summed E-state index contributed by atoms with van der Waals surface area (Å²) >= 11 is 1.45. The molecule has 0 unspecified atom stereocenters. The van der Waals surface area contributed by atoms with Crippen LogP contribution < -0.4 is 10.2 Å². The topological polar surface area (TPSA) is 126 Å². The summed E-state index contributed by atoms with van der Waals surface area (Å²) < 4.78 is 24.9. The lowest BCUT2D eigenvalue weighted by Gasteiger charge is -2.34. The van der Waals surface area contributed by atoms with Gasteiger partial charge in [0.25, 0.3) is 11.6 Å². The number of nitrogens with one attached hydrogen (secondary N) is 1. The summed E-state index contributed by atoms with van der Waals surface area (Å²) in [6, 6.07) is 10.8. The van der Waals surface area contributed by atoms with Gasteiger partial charge >= 0.3 is 0 Å². The van der Waals surface area contributed by atoms with E-state index < -0.39 is 14.8 Å². The molecule has 10 nitrogen and oxygen atoms in total. The van der Waals surface area contributed by atoms with Gasteiger partial charge in [-0.15, -0.1) is 12.4 Å². The van der Waals surface area contributed by atoms with Crippen molar-refractivity contribution in [2.75, 3.05) is 49.9 Å². The molecule has 0 radical (unpaired) electrons. The van der Waals surface area contributed by atoms with Crippen molar-refractivity contribution in [3.05, 3.63) is 58.1 Å². The predicted molar refractivity (Wildman–Crippen MR) is 139 cm³/mol. The highest BCUT2D eigenvalue weighted by molar-refractivity contribution is 7.91. The van der Waals surface area contributed by atoms with E-state index in [1.807, 2.05) is 0 Å². The molecule has 0 saturated carbocycles. The number of piperazine rings is 1. The second-order valence-electron chi connectivity index (χ2n) is 7.92. The molecular weight excluding hydrogens is 514 g/mol. The first kappa shape index (κ1) is 26.8. The summed E-state index contributed by atoms with van der Waals surface area (Å²) in [5.74, 6) is -0.309. The standard InChI is InChI=1S/C22H25N5O5S2.ClH/c1-2-34(31,32)18-5-3-4-16(14-18)21(28)23-8-9-25-10-12-26(13-11-25)22-24-19-7-6-17(27(29)30)15-20(19)33-22;/h3-7,14-15H,2,8-13H2,1H3,(H,23,28);1H. The van der Waals surface area contributed by atoms with Crippen LogP contribution in [-0.4, -0.2) is 74.2 Å². The number of aromatic nitrogens is 1. The van der Waals surface area contributed by atoms with E-state index >= 15 is 0 Å². The molecule has 1 aliphatic rings. The molecule has 1 N–H and O–H groups in total. The Labute approximate surface area is 213 Å². The third-order valence-corrected chi connectivity index (χ3v) is 8.57. The second-order valence-corrected chi connectivity index (χ2v) is 11.2. The number of fused-ring (bicyclic) bond motifs is 1. The zero-order chi connectivity index (χ0) is 24.3. The Morgan fingerprint density at radius 2 is 1.91 bits per heavy atom. The molecule has 1 aromatic heterocycles. The van der Waals surface area contributed by atoms with Gasteiger partial charge in [-0.2, -0.15) is 0 Å². The molecule has 0 spiro atoms. The number of nitrogens with zero attached hydrogens (tertiary/aromatic N) is 4. The van der Waals surface area contributed by atoms with E-state index in [2.05, 4.69) is 20.1 Å². The van der Waals surface area contributed by atoms with Crippen molar-refractivity contribution < 1.29 is 18.1 Å². The fraction of sp³-hybridized carbons (Fsp3) is 0.364. The number of nitro benzene ring substituents is 1. The molecular formula is C22H26ClN5O5S2. The number of benzene rings is 2. The van der Waals surface area contributed by atoms with Gasteiger partial charge in [0.2, 0.25) is 0 Å². The van der Waals surface area contributed by atoms with Crippen LogP contribution in [0.2, 0.25) is 0 Å². The number of thiazole rings is 1. The molecule has 4 rings (SSSR count). The van der Waals surface area contributed by atoms with Gasteiger partial charge in [-0.25, -0.2) is 13.4 Å². The first-order valence-electron chi connectivity index (χ1n) is 10.9. The Balaban J connectivity index is 0.00000342. The average molecular weight is 540 g/mol. The number of non-ortho nitro benzene ring substituents is 1. The molecule has 1 saturated heterocycles. The highest BCUT2D eigenvalue weighted by Gasteiger charge is 2.21. The van der Waals surface area contributed by atoms with Gasteiger partial charge < -0.3 is 10.2 Å². The smallest absolute Gasteiger partial charge is 0.270 e. The van der Waals surface area contributed by atoms with Crippen LogP contribution in [0, 0.1) is 10.1 Å². The maximum Gasteiger partial charge on any atom is 0.270 e. The molecule has 0 aliphatic carbocycles. The van der Waals surface area contributed by atoms with Crippen molar-refractivity contribution in [1.82, 2.24) is 15.2 Å². The van der Waals surface area contributed by atoms with Gasteiger partial charge in [0.1, 0.15) is 0 Å². The van der Waals surface area contributed by atoms with Gasteiger partial charge in [-0.05, 0) is 24.3 Å². The predicted octanol–water partition coefficient (Wildman–Crippen LogP) is 2.97. The molecule has 1 fully saturated rings. The number of halogens is 1. The summed E-state index contributed by atoms with van der Waals surface area (Å²) in [5, 5.41) is 14.7. The molecule has 13 heteroatoms. The third kappa shape index (κ3) is 6.26. The van der Waals surface area contributed by atoms with Crippen LogP contribution in [0.15, 0.2) is 47.4 Å². The summed E-state index contributed by atoms with van der Waals surface area (Å²) in [6.07, 6.45) is 0. The number of rotatable bonds is 8. The summed E-state index contributed by atoms with van der Waals surface area (Å²) in [4.78, 5) is 32.2. The van der Waals surface area contributed by atoms with E-state index in [-0.39, 0.29) is 34.6 Å². The number of nitro groups is 1. The van der Waals surface area contributed by atoms with Crippen LogP contribution in [0.3, 0.4) is 0 Å². The number of carbonyl (C=O) groups excluding carboxylic acids is 1. The third-order valence-electron chi connectivity index (χ3n) is 5.76. The number of hydrogen-bond acceptors (Lipinski definition) is 9. The Morgan fingerprint density at radius 1 is 1.17 bits per heavy atom. The Bertz CT molecular complexity index is 1320. The molecule has 3 aromatic rings. The Hall–Kier alpha value is -2.80. The number of carbonyl (C=O) groups is 1. The maximum atomic E-state index is 12.5. The number of sulfone groups is 1. The zero-order valence-corrected chi connectivity index (χ0v) is 21.5. The quantitative estimate of drug-likeness (QED) is 0.342. The highest BCUT2D eigenvalue weighted by atomic mass is 35.5. The fourth-order valence-corrected chi connectivity index (χ4v) is 5.72. The Kier molecular flexibility index (Phi) is 8.65. The fourth-order valence-electron chi connectivity index (χ4n) is 3.74. The van der Waals surface area contributed by atoms with Crippen LogP contribution in [0.5, 0.6) is 0 Å². The van der Waals surface area contributed by atoms with E-state index in [4.69, 9.17) is 0 Å². The van der Waals surface area contributed by atoms with E-state index in [0.29, 0.717) is 18.7 Å². The highest BCUT2D eigenvalue weighted by Crippen LogP contribution is 2.31. The zero-order valence-electron chi connectivity index (χ0n) is 19.0. The molecule has 2 aromatic carbocycles. The number of anilines is 1. The minimum atomic E-state index is -3.36. The van der Waals surface area contributed by atoms with E-state index in [9.17, 15) is 23.3 Å². The largest absolute Gasteiger partial charge is 0.351 e. The van der Waals surface area contributed by atoms with Gasteiger partial charge in [0.05, 0.1) is 25.8 Å². The van der Waals surface area contributed by atoms with E-state index in [1.165, 1.54) is 29.5 Å². The van der Waals surface area contributed by atoms with E-state index in [0.717, 1.165) is 41.5 Å². The minimum Gasteiger partial charge on any atom is -0.351 e. The lowest BCUT2D eigenvalue weighted by Crippen LogP contribution is -2.48. The van der Waals surface area contributed by atoms with Crippen molar-refractivity contribution in [3.8, 4) is 0 Å². The van der Waals surface area contributed by atoms with Crippen molar-refractivity contribution in [2.24, 2.45) is 0 Å². The van der Waals surface area contributed by atoms with Gasteiger partial charge in [0.15, 0.2) is 15.0 Å². The first-order chi connectivity index (χ1) is 16.3. The van der Waals surface area contributed by atoms with Crippen LogP contribution in [-0.2, 0) is 9.84 Å². The normalized spacial score (nSPS) is 14.5. The maximum absolute atomic E-state index is 12.5. The van der Waals surface area contributed by atoms with Crippen molar-refractivity contribution in [2.45, 2.75) is 11.8 Å². The van der Waals surface area contributed by atoms with Crippen LogP contribution in [0.4, 0.5) is 10.8 Å². The molecule has 2 heterocycles. The number of amides is 1. The average Bonchev–Trinajstić information content (AvgIpc) is 3.28. The summed E-state index contributed by atoms with van der Waals surface area (Å²) in [5.41, 5.74) is 1.15. The van der Waals surface area contributed by atoms with Crippen molar-refractivity contribution in [1.29, 1.82) is 0 Å². The van der Waals surface area contributed by atoms with E-state index in [1.54, 1.807) is 31.2 Å². The lowest BCUT2D eigenvalue weighted by molar-refractivity contribution is -0.384. The molecule has 35 heavy (non-hydrogen) atoms. The lowest BCUT2D eigenvalue weighted by atomic mass is 10.2. The second kappa shape index (κ2) is 11.3. The molecule has 0 bridgehead atoms. The van der Waals surface area contributed by atoms with Gasteiger partial charge in [-0.1, -0.05) is 24.3 Å². The molecule has 0 atom stereocenters. The molecule has 188 valence electrons. The summed E-state index contributed by atoms with van der Waals surface area (Å²) in [7, 11) is -3.36. The van der Waals surface area contributed by atoms with Gasteiger partial charge in [0, 0.05) is 57.0 Å². The Morgan fingerprint density at radius 3 is 2.60 bits per heavy atom. The monoisotopic (exact) mass is 539 g/mol. The molecule has 1 amide bonds. The van der Waals surface area contributed by atoms with Crippen molar-refractivity contribution >= 4 is 60.5 Å². The minimum absolute atomic E-state index is 0. The van der Waals surface area contributed by atoms with Crippen LogP contribution in [0.1, 0.15) is 17.3 Å². The summed E-state index contributed by atoms with van der Waals surface area (Å²) in [6.45, 7) is 5.85. The molecule has 1 aliphatic heterocycles. The van der Waals surface area contributed by atoms with Crippen molar-refractivity contribution in [3.63, 3.8) is 0 Å². The van der Waals surface area contributed by atoms with Crippen LogP contribution >= 0.6 is 23.7 Å². The van der Waals surface area contributed by atoms with Gasteiger partial charge in [-0.3, -0.25) is 19.8 Å². The SMILES string of the molecule is CCS(=O)(=O)c1cccc(C(=O)NCCN2CCN(c3nc4ccc([N+](=O)[O-])cc4s3)CC2)c1.Cl. The van der Waals surface area contributed by atoms with Crippen LogP contribution in [0.25, 0.3) is 10.2 Å². The first-order valence-corrected chi connectivity index (χ1v) is 13.4.